The van der Waals surface area contributed by atoms with Gasteiger partial charge in [-0.3, -0.25) is 0 Å². The van der Waals surface area contributed by atoms with Crippen molar-refractivity contribution in [2.45, 2.75) is 51.2 Å². The van der Waals surface area contributed by atoms with Gasteiger partial charge in [0.1, 0.15) is 0 Å². The van der Waals surface area contributed by atoms with Crippen LogP contribution >= 0.6 is 15.9 Å². The van der Waals surface area contributed by atoms with Gasteiger partial charge < -0.3 is 0 Å². The zero-order valence-corrected chi connectivity index (χ0v) is 13.4. The predicted molar refractivity (Wildman–Crippen MR) is 75.9 cm³/mol. The Bertz CT molecular complexity index is 335. The van der Waals surface area contributed by atoms with E-state index in [1.807, 2.05) is 0 Å². The second-order valence-corrected chi connectivity index (χ2v) is 9.09. The standard InChI is InChI=1S/C12H24BrNO2S/c1-12(2,3)17(15,16)14-9-11-7-5-4-6-10(11)8-13/h10-11,14H,4-9H2,1-3H3. The van der Waals surface area contributed by atoms with Gasteiger partial charge in [0, 0.05) is 11.9 Å². The van der Waals surface area contributed by atoms with Gasteiger partial charge in [-0.25, -0.2) is 13.1 Å². The number of sulfonamides is 1. The van der Waals surface area contributed by atoms with Crippen LogP contribution in [0.2, 0.25) is 0 Å². The third-order valence-corrected chi connectivity index (χ3v) is 6.60. The predicted octanol–water partition coefficient (Wildman–Crippen LogP) is 2.91. The molecule has 1 aliphatic rings. The van der Waals surface area contributed by atoms with Crippen molar-refractivity contribution in [2.24, 2.45) is 11.8 Å². The molecular formula is C12H24BrNO2S. The number of halogens is 1. The van der Waals surface area contributed by atoms with Crippen molar-refractivity contribution < 1.29 is 8.42 Å². The summed E-state index contributed by atoms with van der Waals surface area (Å²) in [6.07, 6.45) is 4.86. The Morgan fingerprint density at radius 3 is 2.18 bits per heavy atom. The Balaban J connectivity index is 2.55. The normalized spacial score (nSPS) is 27.1. The average molecular weight is 326 g/mol. The van der Waals surface area contributed by atoms with Gasteiger partial charge in [-0.1, -0.05) is 28.8 Å². The van der Waals surface area contributed by atoms with E-state index in [1.165, 1.54) is 19.3 Å². The fourth-order valence-electron chi connectivity index (χ4n) is 2.19. The zero-order valence-electron chi connectivity index (χ0n) is 11.0. The number of alkyl halides is 1. The molecule has 0 saturated heterocycles. The first-order valence-corrected chi connectivity index (χ1v) is 8.93. The van der Waals surface area contributed by atoms with Gasteiger partial charge >= 0.3 is 0 Å². The highest BCUT2D eigenvalue weighted by atomic mass is 79.9. The minimum Gasteiger partial charge on any atom is -0.214 e. The molecule has 102 valence electrons. The fourth-order valence-corrected chi connectivity index (χ4v) is 3.91. The van der Waals surface area contributed by atoms with E-state index in [2.05, 4.69) is 20.7 Å². The Morgan fingerprint density at radius 2 is 1.71 bits per heavy atom. The van der Waals surface area contributed by atoms with Crippen LogP contribution in [0.15, 0.2) is 0 Å². The minimum atomic E-state index is -3.19. The molecule has 0 aliphatic heterocycles. The SMILES string of the molecule is CC(C)(C)S(=O)(=O)NCC1CCCCC1CBr. The van der Waals surface area contributed by atoms with Gasteiger partial charge in [0.05, 0.1) is 4.75 Å². The summed E-state index contributed by atoms with van der Waals surface area (Å²) in [6, 6.07) is 0. The first-order valence-electron chi connectivity index (χ1n) is 6.33. The van der Waals surface area contributed by atoms with Crippen LogP contribution in [0.1, 0.15) is 46.5 Å². The zero-order chi connectivity index (χ0) is 13.1. The molecule has 1 fully saturated rings. The molecule has 0 aromatic carbocycles. The summed E-state index contributed by atoms with van der Waals surface area (Å²) in [5, 5.41) is 0.981. The summed E-state index contributed by atoms with van der Waals surface area (Å²) in [7, 11) is -3.19. The molecule has 1 aliphatic carbocycles. The van der Waals surface area contributed by atoms with Gasteiger partial charge in [-0.05, 0) is 45.4 Å². The highest BCUT2D eigenvalue weighted by Crippen LogP contribution is 2.31. The van der Waals surface area contributed by atoms with Crippen LogP contribution in [0.25, 0.3) is 0 Å². The molecule has 1 saturated carbocycles. The third kappa shape index (κ3) is 4.21. The average Bonchev–Trinajstić information content (AvgIpc) is 2.25. The molecule has 0 amide bonds. The van der Waals surface area contributed by atoms with Crippen LogP contribution in [0, 0.1) is 11.8 Å². The molecule has 17 heavy (non-hydrogen) atoms. The van der Waals surface area contributed by atoms with E-state index in [1.54, 1.807) is 20.8 Å². The Labute approximate surface area is 114 Å². The van der Waals surface area contributed by atoms with Crippen LogP contribution in [-0.2, 0) is 10.0 Å². The topological polar surface area (TPSA) is 46.2 Å². The maximum absolute atomic E-state index is 12.0. The molecule has 0 heterocycles. The third-order valence-electron chi connectivity index (χ3n) is 3.61. The molecule has 1 rings (SSSR count). The summed E-state index contributed by atoms with van der Waals surface area (Å²) in [6.45, 7) is 5.80. The molecule has 2 unspecified atom stereocenters. The highest BCUT2D eigenvalue weighted by molar-refractivity contribution is 9.09. The van der Waals surface area contributed by atoms with Crippen molar-refractivity contribution in [2.75, 3.05) is 11.9 Å². The molecule has 0 radical (unpaired) electrons. The van der Waals surface area contributed by atoms with E-state index < -0.39 is 14.8 Å². The molecule has 0 aromatic rings. The fraction of sp³-hybridized carbons (Fsp3) is 1.00. The lowest BCUT2D eigenvalue weighted by atomic mass is 9.80. The Kier molecular flexibility index (Phi) is 5.47. The van der Waals surface area contributed by atoms with E-state index in [0.717, 1.165) is 11.8 Å². The highest BCUT2D eigenvalue weighted by Gasteiger charge is 2.31. The smallest absolute Gasteiger partial charge is 0.214 e. The lowest BCUT2D eigenvalue weighted by Crippen LogP contribution is -2.43. The van der Waals surface area contributed by atoms with Crippen molar-refractivity contribution in [3.63, 3.8) is 0 Å². The first kappa shape index (κ1) is 15.4. The van der Waals surface area contributed by atoms with E-state index in [4.69, 9.17) is 0 Å². The van der Waals surface area contributed by atoms with Crippen LogP contribution in [-0.4, -0.2) is 25.0 Å². The van der Waals surface area contributed by atoms with E-state index in [-0.39, 0.29) is 0 Å². The number of hydrogen-bond acceptors (Lipinski definition) is 2. The van der Waals surface area contributed by atoms with Crippen molar-refractivity contribution in [3.05, 3.63) is 0 Å². The van der Waals surface area contributed by atoms with Gasteiger partial charge in [0.2, 0.25) is 10.0 Å². The molecular weight excluding hydrogens is 302 g/mol. The molecule has 5 heteroatoms. The van der Waals surface area contributed by atoms with Crippen LogP contribution < -0.4 is 4.72 Å². The van der Waals surface area contributed by atoms with E-state index in [9.17, 15) is 8.42 Å². The molecule has 2 atom stereocenters. The van der Waals surface area contributed by atoms with Crippen molar-refractivity contribution in [1.29, 1.82) is 0 Å². The van der Waals surface area contributed by atoms with Gasteiger partial charge in [0.25, 0.3) is 0 Å². The summed E-state index contributed by atoms with van der Waals surface area (Å²) in [4.78, 5) is 0. The monoisotopic (exact) mass is 325 g/mol. The van der Waals surface area contributed by atoms with Gasteiger partial charge in [-0.2, -0.15) is 0 Å². The number of nitrogens with one attached hydrogen (secondary N) is 1. The minimum absolute atomic E-state index is 0.486. The maximum atomic E-state index is 12.0. The second-order valence-electron chi connectivity index (χ2n) is 5.92. The van der Waals surface area contributed by atoms with Crippen LogP contribution in [0.3, 0.4) is 0 Å². The molecule has 0 aromatic heterocycles. The van der Waals surface area contributed by atoms with Gasteiger partial charge in [-0.15, -0.1) is 0 Å². The largest absolute Gasteiger partial charge is 0.216 e. The summed E-state index contributed by atoms with van der Waals surface area (Å²) < 4.78 is 26.0. The molecule has 1 N–H and O–H groups in total. The number of rotatable bonds is 4. The molecule has 3 nitrogen and oxygen atoms in total. The summed E-state index contributed by atoms with van der Waals surface area (Å²) in [5.74, 6) is 1.10. The first-order chi connectivity index (χ1) is 7.78. The quantitative estimate of drug-likeness (QED) is 0.808. The lowest BCUT2D eigenvalue weighted by Gasteiger charge is -2.31. The lowest BCUT2D eigenvalue weighted by molar-refractivity contribution is 0.263. The van der Waals surface area contributed by atoms with E-state index in [0.29, 0.717) is 18.4 Å². The maximum Gasteiger partial charge on any atom is 0.216 e. The Morgan fingerprint density at radius 1 is 1.18 bits per heavy atom. The van der Waals surface area contributed by atoms with Crippen molar-refractivity contribution >= 4 is 26.0 Å². The van der Waals surface area contributed by atoms with Crippen LogP contribution in [0.5, 0.6) is 0 Å². The summed E-state index contributed by atoms with van der Waals surface area (Å²) in [5.41, 5.74) is 0. The Hall–Kier alpha value is 0.390. The van der Waals surface area contributed by atoms with E-state index >= 15 is 0 Å². The van der Waals surface area contributed by atoms with Crippen molar-refractivity contribution in [3.8, 4) is 0 Å². The second kappa shape index (κ2) is 6.02. The summed E-state index contributed by atoms with van der Waals surface area (Å²) >= 11 is 3.53. The number of hydrogen-bond donors (Lipinski definition) is 1. The molecule has 0 spiro atoms. The van der Waals surface area contributed by atoms with Crippen LogP contribution in [0.4, 0.5) is 0 Å². The molecule has 0 bridgehead atoms. The van der Waals surface area contributed by atoms with Gasteiger partial charge in [0.15, 0.2) is 0 Å². The van der Waals surface area contributed by atoms with Crippen molar-refractivity contribution in [1.82, 2.24) is 4.72 Å².